The molecule has 2 aromatic carbocycles. The number of anilines is 1. The summed E-state index contributed by atoms with van der Waals surface area (Å²) >= 11 is 0.930. The van der Waals surface area contributed by atoms with E-state index in [1.165, 1.54) is 25.1 Å². The van der Waals surface area contributed by atoms with Crippen LogP contribution in [0.15, 0.2) is 30.3 Å². The van der Waals surface area contributed by atoms with Gasteiger partial charge in [0.2, 0.25) is 0 Å². The zero-order valence-electron chi connectivity index (χ0n) is 12.2. The van der Waals surface area contributed by atoms with Gasteiger partial charge in [-0.05, 0) is 25.1 Å². The Hall–Kier alpha value is -2.94. The Morgan fingerprint density at radius 3 is 2.71 bits per heavy atom. The number of carbonyl (C=O) groups excluding carboxylic acids is 1. The number of benzene rings is 2. The number of nitro groups is 1. The fraction of sp³-hybridized carbons (Fsp3) is 0.0667. The summed E-state index contributed by atoms with van der Waals surface area (Å²) in [5.74, 6) is -2.09. The Kier molecular flexibility index (Phi) is 3.94. The van der Waals surface area contributed by atoms with Gasteiger partial charge in [-0.15, -0.1) is 0 Å². The predicted octanol–water partition coefficient (Wildman–Crippen LogP) is 4.04. The van der Waals surface area contributed by atoms with Crippen LogP contribution in [0.2, 0.25) is 0 Å². The summed E-state index contributed by atoms with van der Waals surface area (Å²) in [6, 6.07) is 5.77. The van der Waals surface area contributed by atoms with Gasteiger partial charge in [-0.1, -0.05) is 11.3 Å². The zero-order chi connectivity index (χ0) is 17.4. The molecule has 0 radical (unpaired) electrons. The van der Waals surface area contributed by atoms with Crippen molar-refractivity contribution >= 4 is 38.3 Å². The summed E-state index contributed by atoms with van der Waals surface area (Å²) in [6.07, 6.45) is 0. The van der Waals surface area contributed by atoms with Gasteiger partial charge in [-0.25, -0.2) is 13.8 Å². The zero-order valence-corrected chi connectivity index (χ0v) is 13.0. The summed E-state index contributed by atoms with van der Waals surface area (Å²) in [7, 11) is 0. The highest BCUT2D eigenvalue weighted by Gasteiger charge is 2.16. The van der Waals surface area contributed by atoms with Crippen LogP contribution in [0.1, 0.15) is 15.9 Å². The molecular weight excluding hydrogens is 340 g/mol. The van der Waals surface area contributed by atoms with Crippen molar-refractivity contribution in [3.05, 3.63) is 63.2 Å². The highest BCUT2D eigenvalue weighted by Crippen LogP contribution is 2.29. The third-order valence-corrected chi connectivity index (χ3v) is 4.21. The van der Waals surface area contributed by atoms with Gasteiger partial charge in [0.15, 0.2) is 10.9 Å². The molecule has 0 bridgehead atoms. The van der Waals surface area contributed by atoms with E-state index < -0.39 is 22.5 Å². The Morgan fingerprint density at radius 1 is 1.29 bits per heavy atom. The van der Waals surface area contributed by atoms with Crippen LogP contribution in [0.5, 0.6) is 0 Å². The molecule has 1 aromatic heterocycles. The quantitative estimate of drug-likeness (QED) is 0.571. The topological polar surface area (TPSA) is 85.1 Å². The molecule has 1 N–H and O–H groups in total. The van der Waals surface area contributed by atoms with Crippen molar-refractivity contribution in [2.24, 2.45) is 0 Å². The Labute approximate surface area is 137 Å². The molecule has 3 aromatic rings. The van der Waals surface area contributed by atoms with Gasteiger partial charge >= 0.3 is 0 Å². The van der Waals surface area contributed by atoms with E-state index >= 15 is 0 Å². The van der Waals surface area contributed by atoms with E-state index in [2.05, 4.69) is 10.3 Å². The van der Waals surface area contributed by atoms with Gasteiger partial charge in [0.25, 0.3) is 11.6 Å². The van der Waals surface area contributed by atoms with Crippen molar-refractivity contribution in [1.82, 2.24) is 4.98 Å². The number of nitro benzene ring substituents is 1. The lowest BCUT2D eigenvalue weighted by atomic mass is 10.1. The molecule has 0 aliphatic carbocycles. The average Bonchev–Trinajstić information content (AvgIpc) is 2.89. The molecule has 0 aliphatic heterocycles. The first-order valence-corrected chi connectivity index (χ1v) is 7.49. The third kappa shape index (κ3) is 2.93. The van der Waals surface area contributed by atoms with Gasteiger partial charge in [0.1, 0.15) is 11.3 Å². The van der Waals surface area contributed by atoms with Crippen molar-refractivity contribution in [3.63, 3.8) is 0 Å². The number of halogens is 2. The lowest BCUT2D eigenvalue weighted by Crippen LogP contribution is -2.12. The molecule has 1 heterocycles. The molecule has 0 fully saturated rings. The summed E-state index contributed by atoms with van der Waals surface area (Å²) in [5, 5.41) is 13.4. The number of rotatable bonds is 3. The van der Waals surface area contributed by atoms with Crippen molar-refractivity contribution in [2.75, 3.05) is 5.32 Å². The predicted molar refractivity (Wildman–Crippen MR) is 85.3 cm³/mol. The van der Waals surface area contributed by atoms with E-state index in [0.717, 1.165) is 17.4 Å². The highest BCUT2D eigenvalue weighted by molar-refractivity contribution is 7.22. The lowest BCUT2D eigenvalue weighted by molar-refractivity contribution is -0.385. The molecule has 1 amide bonds. The smallest absolute Gasteiger partial charge is 0.272 e. The number of fused-ring (bicyclic) bond motifs is 1. The van der Waals surface area contributed by atoms with Crippen LogP contribution in [0.25, 0.3) is 10.2 Å². The molecule has 0 saturated heterocycles. The standard InChI is InChI=1S/C15H9F2N3O3S/c1-7-4-8(2-3-11(7)20(22)23)14(21)19-15-18-13-10(17)5-9(16)6-12(13)24-15/h2-6H,1H3,(H,18,19,21). The van der Waals surface area contributed by atoms with Crippen LogP contribution < -0.4 is 5.32 Å². The number of nitrogens with zero attached hydrogens (tertiary/aromatic N) is 2. The Bertz CT molecular complexity index is 987. The monoisotopic (exact) mass is 349 g/mol. The maximum absolute atomic E-state index is 13.6. The molecule has 3 rings (SSSR count). The number of hydrogen-bond acceptors (Lipinski definition) is 5. The molecule has 6 nitrogen and oxygen atoms in total. The van der Waals surface area contributed by atoms with Crippen molar-refractivity contribution in [3.8, 4) is 0 Å². The first-order valence-electron chi connectivity index (χ1n) is 6.67. The van der Waals surface area contributed by atoms with Crippen LogP contribution in [0, 0.1) is 28.7 Å². The van der Waals surface area contributed by atoms with E-state index in [4.69, 9.17) is 0 Å². The number of hydrogen-bond donors (Lipinski definition) is 1. The molecule has 122 valence electrons. The molecule has 9 heteroatoms. The van der Waals surface area contributed by atoms with Crippen molar-refractivity contribution in [1.29, 1.82) is 0 Å². The molecule has 24 heavy (non-hydrogen) atoms. The van der Waals surface area contributed by atoms with Gasteiger partial charge in [-0.2, -0.15) is 0 Å². The minimum Gasteiger partial charge on any atom is -0.298 e. The number of amides is 1. The molecular formula is C15H9F2N3O3S. The van der Waals surface area contributed by atoms with Crippen molar-refractivity contribution in [2.45, 2.75) is 6.92 Å². The average molecular weight is 349 g/mol. The second-order valence-electron chi connectivity index (χ2n) is 4.97. The number of thiazole rings is 1. The number of aryl methyl sites for hydroxylation is 1. The van der Waals surface area contributed by atoms with E-state index in [9.17, 15) is 23.7 Å². The first-order chi connectivity index (χ1) is 11.3. The number of nitrogens with one attached hydrogen (secondary N) is 1. The second kappa shape index (κ2) is 5.93. The number of carbonyl (C=O) groups is 1. The van der Waals surface area contributed by atoms with Crippen molar-refractivity contribution < 1.29 is 18.5 Å². The summed E-state index contributed by atoms with van der Waals surface area (Å²) in [6.45, 7) is 1.52. The Balaban J connectivity index is 1.88. The van der Waals surface area contributed by atoms with Crippen LogP contribution >= 0.6 is 11.3 Å². The maximum Gasteiger partial charge on any atom is 0.272 e. The van der Waals surface area contributed by atoms with E-state index in [0.29, 0.717) is 11.6 Å². The summed E-state index contributed by atoms with van der Waals surface area (Å²) in [5.41, 5.74) is 0.412. The number of aromatic nitrogens is 1. The van der Waals surface area contributed by atoms with Gasteiger partial charge < -0.3 is 0 Å². The molecule has 0 atom stereocenters. The third-order valence-electron chi connectivity index (χ3n) is 3.29. The maximum atomic E-state index is 13.6. The SMILES string of the molecule is Cc1cc(C(=O)Nc2nc3c(F)cc(F)cc3s2)ccc1[N+](=O)[O-]. The van der Waals surface area contributed by atoms with Crippen LogP contribution in [-0.4, -0.2) is 15.8 Å². The normalized spacial score (nSPS) is 10.8. The van der Waals surface area contributed by atoms with Gasteiger partial charge in [0.05, 0.1) is 9.62 Å². The fourth-order valence-electron chi connectivity index (χ4n) is 2.18. The first kappa shape index (κ1) is 15.9. The summed E-state index contributed by atoms with van der Waals surface area (Å²) in [4.78, 5) is 26.4. The van der Waals surface area contributed by atoms with E-state index in [-0.39, 0.29) is 26.6 Å². The highest BCUT2D eigenvalue weighted by atomic mass is 32.1. The second-order valence-corrected chi connectivity index (χ2v) is 6.00. The minimum atomic E-state index is -0.812. The molecule has 0 spiro atoms. The van der Waals surface area contributed by atoms with Gasteiger partial charge in [-0.3, -0.25) is 20.2 Å². The van der Waals surface area contributed by atoms with Crippen LogP contribution in [0.4, 0.5) is 19.6 Å². The van der Waals surface area contributed by atoms with Crippen LogP contribution in [0.3, 0.4) is 0 Å². The molecule has 0 aliphatic rings. The molecule has 0 unspecified atom stereocenters. The van der Waals surface area contributed by atoms with E-state index in [1.807, 2.05) is 0 Å². The lowest BCUT2D eigenvalue weighted by Gasteiger charge is -2.03. The van der Waals surface area contributed by atoms with Crippen LogP contribution in [-0.2, 0) is 0 Å². The van der Waals surface area contributed by atoms with Gasteiger partial charge in [0, 0.05) is 23.3 Å². The Morgan fingerprint density at radius 2 is 2.04 bits per heavy atom. The summed E-state index contributed by atoms with van der Waals surface area (Å²) < 4.78 is 27.1. The molecule has 0 saturated carbocycles. The van der Waals surface area contributed by atoms with E-state index in [1.54, 1.807) is 0 Å². The largest absolute Gasteiger partial charge is 0.298 e. The fourth-order valence-corrected chi connectivity index (χ4v) is 3.08. The minimum absolute atomic E-state index is 0.0309.